The minimum absolute atomic E-state index is 0.110. The van der Waals surface area contributed by atoms with Crippen molar-refractivity contribution in [3.05, 3.63) is 12.7 Å². The Labute approximate surface area is 60.6 Å². The van der Waals surface area contributed by atoms with Crippen LogP contribution in [-0.2, 0) is 14.6 Å². The van der Waals surface area contributed by atoms with E-state index < -0.39 is 14.8 Å². The van der Waals surface area contributed by atoms with Crippen LogP contribution in [0, 0.1) is 0 Å². The lowest BCUT2D eigenvalue weighted by atomic mass is 10.5. The fraction of sp³-hybridized carbons (Fsp3) is 0.667. The first-order valence-corrected chi connectivity index (χ1v) is 4.73. The molecule has 58 valence electrons. The van der Waals surface area contributed by atoms with Crippen molar-refractivity contribution in [1.82, 2.24) is 0 Å². The van der Waals surface area contributed by atoms with Crippen molar-refractivity contribution in [2.24, 2.45) is 0 Å². The molecule has 0 aliphatic carbocycles. The summed E-state index contributed by atoms with van der Waals surface area (Å²) >= 11 is 0. The molecule has 1 atom stereocenters. The highest BCUT2D eigenvalue weighted by molar-refractivity contribution is 7.93. The Hall–Kier alpha value is -0.350. The standard InChI is InChI=1S/C6H10O3S/c1-3-6(5-9-6)10(7,8)4-2/h3H,1,4-5H2,2H3/t6-/m0/s1. The molecule has 1 aliphatic rings. The highest BCUT2D eigenvalue weighted by Crippen LogP contribution is 2.34. The topological polar surface area (TPSA) is 46.7 Å². The Balaban J connectivity index is 2.93. The molecule has 1 fully saturated rings. The van der Waals surface area contributed by atoms with Crippen molar-refractivity contribution in [2.75, 3.05) is 12.4 Å². The van der Waals surface area contributed by atoms with E-state index in [9.17, 15) is 8.42 Å². The SMILES string of the molecule is C=C[C@]1(S(=O)(=O)CC)CO1. The van der Waals surface area contributed by atoms with Gasteiger partial charge in [-0.15, -0.1) is 0 Å². The molecule has 0 aromatic carbocycles. The van der Waals surface area contributed by atoms with Crippen LogP contribution in [0.2, 0.25) is 0 Å². The van der Waals surface area contributed by atoms with E-state index in [4.69, 9.17) is 4.74 Å². The smallest absolute Gasteiger partial charge is 0.210 e. The van der Waals surface area contributed by atoms with E-state index >= 15 is 0 Å². The lowest BCUT2D eigenvalue weighted by Gasteiger charge is -2.03. The van der Waals surface area contributed by atoms with Crippen molar-refractivity contribution in [3.63, 3.8) is 0 Å². The van der Waals surface area contributed by atoms with Crippen LogP contribution in [-0.4, -0.2) is 25.7 Å². The highest BCUT2D eigenvalue weighted by atomic mass is 32.2. The Kier molecular flexibility index (Phi) is 1.60. The largest absolute Gasteiger partial charge is 0.349 e. The van der Waals surface area contributed by atoms with Gasteiger partial charge in [0.15, 0.2) is 9.84 Å². The monoisotopic (exact) mass is 162 g/mol. The number of rotatable bonds is 3. The fourth-order valence-electron chi connectivity index (χ4n) is 0.740. The maximum atomic E-state index is 11.1. The molecule has 0 amide bonds. The number of hydrogen-bond acceptors (Lipinski definition) is 3. The van der Waals surface area contributed by atoms with Crippen molar-refractivity contribution < 1.29 is 13.2 Å². The first-order chi connectivity index (χ1) is 4.58. The first kappa shape index (κ1) is 7.75. The number of hydrogen-bond donors (Lipinski definition) is 0. The van der Waals surface area contributed by atoms with E-state index in [0.717, 1.165) is 0 Å². The zero-order chi connectivity index (χ0) is 7.83. The molecule has 0 N–H and O–H groups in total. The molecule has 0 aromatic rings. The maximum absolute atomic E-state index is 11.1. The van der Waals surface area contributed by atoms with Crippen LogP contribution < -0.4 is 0 Å². The molecular formula is C6H10O3S. The van der Waals surface area contributed by atoms with Gasteiger partial charge in [-0.05, 0) is 6.08 Å². The summed E-state index contributed by atoms with van der Waals surface area (Å²) in [5.41, 5.74) is 0. The number of sulfone groups is 1. The fourth-order valence-corrected chi connectivity index (χ4v) is 1.90. The van der Waals surface area contributed by atoms with Gasteiger partial charge in [0.2, 0.25) is 4.93 Å². The first-order valence-electron chi connectivity index (χ1n) is 3.08. The summed E-state index contributed by atoms with van der Waals surface area (Å²) < 4.78 is 27.0. The Morgan fingerprint density at radius 2 is 2.30 bits per heavy atom. The lowest BCUT2D eigenvalue weighted by Crippen LogP contribution is -2.23. The number of ether oxygens (including phenoxy) is 1. The van der Waals surface area contributed by atoms with Gasteiger partial charge in [0, 0.05) is 0 Å². The van der Waals surface area contributed by atoms with Crippen LogP contribution in [0.3, 0.4) is 0 Å². The normalized spacial score (nSPS) is 31.7. The summed E-state index contributed by atoms with van der Waals surface area (Å²) in [6, 6.07) is 0. The van der Waals surface area contributed by atoms with Gasteiger partial charge in [-0.3, -0.25) is 0 Å². The summed E-state index contributed by atoms with van der Waals surface area (Å²) in [6.07, 6.45) is 1.35. The molecule has 0 aromatic heterocycles. The van der Waals surface area contributed by atoms with Crippen LogP contribution in [0.5, 0.6) is 0 Å². The van der Waals surface area contributed by atoms with E-state index in [1.54, 1.807) is 6.92 Å². The summed E-state index contributed by atoms with van der Waals surface area (Å²) in [4.78, 5) is -1.03. The second-order valence-electron chi connectivity index (χ2n) is 2.21. The predicted molar refractivity (Wildman–Crippen MR) is 38.3 cm³/mol. The van der Waals surface area contributed by atoms with E-state index in [1.807, 2.05) is 0 Å². The third-order valence-electron chi connectivity index (χ3n) is 1.65. The molecule has 1 aliphatic heterocycles. The number of epoxide rings is 1. The Morgan fingerprint density at radius 3 is 2.40 bits per heavy atom. The van der Waals surface area contributed by atoms with Gasteiger partial charge in [-0.25, -0.2) is 8.42 Å². The molecule has 1 rings (SSSR count). The highest BCUT2D eigenvalue weighted by Gasteiger charge is 2.53. The van der Waals surface area contributed by atoms with Crippen molar-refractivity contribution in [2.45, 2.75) is 11.9 Å². The third kappa shape index (κ3) is 0.876. The van der Waals surface area contributed by atoms with Gasteiger partial charge in [0.1, 0.15) is 0 Å². The molecule has 4 heteroatoms. The third-order valence-corrected chi connectivity index (χ3v) is 3.86. The molecule has 0 radical (unpaired) electrons. The lowest BCUT2D eigenvalue weighted by molar-refractivity contribution is 0.405. The Bertz CT molecular complexity index is 236. The molecule has 1 heterocycles. The molecule has 10 heavy (non-hydrogen) atoms. The summed E-state index contributed by atoms with van der Waals surface area (Å²) in [5, 5.41) is 0. The van der Waals surface area contributed by atoms with E-state index in [2.05, 4.69) is 6.58 Å². The van der Waals surface area contributed by atoms with Crippen LogP contribution in [0.15, 0.2) is 12.7 Å². The molecule has 3 nitrogen and oxygen atoms in total. The van der Waals surface area contributed by atoms with Gasteiger partial charge in [0.25, 0.3) is 0 Å². The molecule has 0 bridgehead atoms. The maximum Gasteiger partial charge on any atom is 0.210 e. The van der Waals surface area contributed by atoms with Crippen molar-refractivity contribution in [1.29, 1.82) is 0 Å². The molecule has 0 spiro atoms. The molecule has 0 unspecified atom stereocenters. The quantitative estimate of drug-likeness (QED) is 0.444. The second kappa shape index (κ2) is 2.07. The zero-order valence-electron chi connectivity index (χ0n) is 5.83. The van der Waals surface area contributed by atoms with Crippen LogP contribution in [0.1, 0.15) is 6.92 Å². The van der Waals surface area contributed by atoms with Crippen molar-refractivity contribution in [3.8, 4) is 0 Å². The van der Waals surface area contributed by atoms with Gasteiger partial charge in [-0.1, -0.05) is 13.5 Å². The Morgan fingerprint density at radius 1 is 1.80 bits per heavy atom. The van der Waals surface area contributed by atoms with Crippen molar-refractivity contribution >= 4 is 9.84 Å². The summed E-state index contributed by atoms with van der Waals surface area (Å²) in [5.74, 6) is 0.110. The van der Waals surface area contributed by atoms with E-state index in [0.29, 0.717) is 0 Å². The van der Waals surface area contributed by atoms with E-state index in [1.165, 1.54) is 6.08 Å². The predicted octanol–water partition coefficient (Wildman–Crippen LogP) is 0.334. The molecule has 0 saturated carbocycles. The average molecular weight is 162 g/mol. The van der Waals surface area contributed by atoms with Crippen LogP contribution >= 0.6 is 0 Å². The second-order valence-corrected chi connectivity index (χ2v) is 4.71. The average Bonchev–Trinajstić information content (AvgIpc) is 2.67. The van der Waals surface area contributed by atoms with Gasteiger partial charge < -0.3 is 4.74 Å². The summed E-state index contributed by atoms with van der Waals surface area (Å²) in [6.45, 7) is 5.27. The molecule has 1 saturated heterocycles. The summed E-state index contributed by atoms with van der Waals surface area (Å²) in [7, 11) is -3.08. The zero-order valence-corrected chi connectivity index (χ0v) is 6.65. The van der Waals surface area contributed by atoms with Gasteiger partial charge in [-0.2, -0.15) is 0 Å². The minimum atomic E-state index is -3.08. The van der Waals surface area contributed by atoms with Gasteiger partial charge in [0.05, 0.1) is 12.4 Å². The van der Waals surface area contributed by atoms with E-state index in [-0.39, 0.29) is 12.4 Å². The van der Waals surface area contributed by atoms with Crippen LogP contribution in [0.4, 0.5) is 0 Å². The minimum Gasteiger partial charge on any atom is -0.349 e. The van der Waals surface area contributed by atoms with Gasteiger partial charge >= 0.3 is 0 Å². The van der Waals surface area contributed by atoms with Crippen LogP contribution in [0.25, 0.3) is 0 Å². The molecular weight excluding hydrogens is 152 g/mol.